The van der Waals surface area contributed by atoms with Crippen molar-refractivity contribution in [2.24, 2.45) is 0 Å². The Morgan fingerprint density at radius 2 is 2.29 bits per heavy atom. The van der Waals surface area contributed by atoms with E-state index in [1.54, 1.807) is 6.92 Å². The highest BCUT2D eigenvalue weighted by molar-refractivity contribution is 9.10. The minimum atomic E-state index is -1.00. The number of benzene rings is 1. The molecule has 2 atom stereocenters. The largest absolute Gasteiger partial charge is 0.480 e. The fraction of sp³-hybridized carbons (Fsp3) is 0.333. The molecule has 0 bridgehead atoms. The van der Waals surface area contributed by atoms with Gasteiger partial charge in [0.15, 0.2) is 0 Å². The molecule has 2 N–H and O–H groups in total. The minimum absolute atomic E-state index is 0.195. The maximum absolute atomic E-state index is 11.4. The normalized spacial score (nSPS) is 27.9. The third kappa shape index (κ3) is 2.07. The van der Waals surface area contributed by atoms with E-state index in [1.807, 2.05) is 24.3 Å². The Hall–Kier alpha value is -1.36. The van der Waals surface area contributed by atoms with Gasteiger partial charge in [0.2, 0.25) is 5.91 Å². The van der Waals surface area contributed by atoms with Crippen LogP contribution < -0.4 is 5.32 Å². The van der Waals surface area contributed by atoms with Crippen LogP contribution in [0.25, 0.3) is 0 Å². The maximum atomic E-state index is 11.4. The van der Waals surface area contributed by atoms with Gasteiger partial charge in [-0.3, -0.25) is 4.79 Å². The van der Waals surface area contributed by atoms with E-state index in [4.69, 9.17) is 0 Å². The van der Waals surface area contributed by atoms with E-state index in [2.05, 4.69) is 21.2 Å². The van der Waals surface area contributed by atoms with Crippen LogP contribution in [-0.2, 0) is 15.0 Å². The third-order valence-electron chi connectivity index (χ3n) is 3.20. The van der Waals surface area contributed by atoms with Gasteiger partial charge < -0.3 is 10.4 Å². The van der Waals surface area contributed by atoms with E-state index in [9.17, 15) is 14.7 Å². The smallest absolute Gasteiger partial charge is 0.327 e. The summed E-state index contributed by atoms with van der Waals surface area (Å²) < 4.78 is 0.875. The molecule has 0 spiro atoms. The molecule has 1 aromatic rings. The summed E-state index contributed by atoms with van der Waals surface area (Å²) in [5, 5.41) is 11.7. The lowest BCUT2D eigenvalue weighted by Gasteiger charge is -2.27. The molecule has 0 saturated carbocycles. The van der Waals surface area contributed by atoms with Gasteiger partial charge in [0, 0.05) is 16.3 Å². The van der Waals surface area contributed by atoms with E-state index >= 15 is 0 Å². The number of carboxylic acid groups (broad SMARTS) is 1. The summed E-state index contributed by atoms with van der Waals surface area (Å²) in [6.45, 7) is 1.80. The Labute approximate surface area is 107 Å². The van der Waals surface area contributed by atoms with Crippen molar-refractivity contribution in [3.8, 4) is 0 Å². The molecule has 1 amide bonds. The first-order valence-electron chi connectivity index (χ1n) is 5.22. The molecule has 1 fully saturated rings. The van der Waals surface area contributed by atoms with E-state index in [1.165, 1.54) is 0 Å². The molecule has 0 radical (unpaired) electrons. The van der Waals surface area contributed by atoms with Gasteiger partial charge in [0.05, 0.1) is 0 Å². The number of carbonyl (C=O) groups is 2. The van der Waals surface area contributed by atoms with Gasteiger partial charge in [-0.25, -0.2) is 4.79 Å². The molecule has 0 aliphatic carbocycles. The van der Waals surface area contributed by atoms with Gasteiger partial charge >= 0.3 is 5.97 Å². The van der Waals surface area contributed by atoms with E-state index < -0.39 is 17.4 Å². The van der Waals surface area contributed by atoms with Crippen LogP contribution in [0.2, 0.25) is 0 Å². The van der Waals surface area contributed by atoms with Crippen molar-refractivity contribution in [3.63, 3.8) is 0 Å². The number of amides is 1. The molecular formula is C12H12BrNO3. The average molecular weight is 298 g/mol. The van der Waals surface area contributed by atoms with Crippen LogP contribution in [0.15, 0.2) is 28.7 Å². The second-order valence-electron chi connectivity index (χ2n) is 4.44. The lowest BCUT2D eigenvalue weighted by molar-refractivity contribution is -0.141. The molecule has 4 nitrogen and oxygen atoms in total. The van der Waals surface area contributed by atoms with Crippen LogP contribution in [0.3, 0.4) is 0 Å². The summed E-state index contributed by atoms with van der Waals surface area (Å²) in [6.07, 6.45) is 0.195. The number of aliphatic carboxylic acids is 1. The molecule has 1 aliphatic rings. The number of carbonyl (C=O) groups excluding carboxylic acids is 1. The molecule has 1 aliphatic heterocycles. The molecule has 1 heterocycles. The van der Waals surface area contributed by atoms with Crippen LogP contribution >= 0.6 is 15.9 Å². The van der Waals surface area contributed by atoms with Gasteiger partial charge in [0.1, 0.15) is 6.04 Å². The Kier molecular flexibility index (Phi) is 2.95. The second kappa shape index (κ2) is 4.14. The fourth-order valence-electron chi connectivity index (χ4n) is 2.25. The first kappa shape index (κ1) is 12.1. The molecule has 1 saturated heterocycles. The molecule has 90 valence electrons. The predicted octanol–water partition coefficient (Wildman–Crippen LogP) is 1.68. The Morgan fingerprint density at radius 1 is 1.59 bits per heavy atom. The van der Waals surface area contributed by atoms with E-state index in [0.717, 1.165) is 10.0 Å². The van der Waals surface area contributed by atoms with Crippen LogP contribution in [0.1, 0.15) is 18.9 Å². The molecule has 1 aromatic carbocycles. The molecular weight excluding hydrogens is 286 g/mol. The van der Waals surface area contributed by atoms with E-state index in [-0.39, 0.29) is 12.3 Å². The average Bonchev–Trinajstić information content (AvgIpc) is 2.55. The van der Waals surface area contributed by atoms with Crippen LogP contribution in [-0.4, -0.2) is 23.0 Å². The number of halogens is 1. The number of hydrogen-bond acceptors (Lipinski definition) is 2. The first-order valence-corrected chi connectivity index (χ1v) is 6.01. The first-order chi connectivity index (χ1) is 7.93. The highest BCUT2D eigenvalue weighted by atomic mass is 79.9. The minimum Gasteiger partial charge on any atom is -0.480 e. The van der Waals surface area contributed by atoms with Crippen molar-refractivity contribution < 1.29 is 14.7 Å². The zero-order valence-corrected chi connectivity index (χ0v) is 10.8. The monoisotopic (exact) mass is 297 g/mol. The van der Waals surface area contributed by atoms with Crippen molar-refractivity contribution in [3.05, 3.63) is 34.3 Å². The SMILES string of the molecule is CC1(c2cccc(Br)c2)CC(=O)NC1C(=O)O. The zero-order chi connectivity index (χ0) is 12.6. The lowest BCUT2D eigenvalue weighted by Crippen LogP contribution is -2.44. The summed E-state index contributed by atoms with van der Waals surface area (Å²) in [7, 11) is 0. The van der Waals surface area contributed by atoms with Crippen LogP contribution in [0.5, 0.6) is 0 Å². The van der Waals surface area contributed by atoms with Gasteiger partial charge in [0.25, 0.3) is 0 Å². The summed E-state index contributed by atoms with van der Waals surface area (Å²) in [6, 6.07) is 6.54. The number of rotatable bonds is 2. The summed E-state index contributed by atoms with van der Waals surface area (Å²) in [5.74, 6) is -1.22. The molecule has 0 aromatic heterocycles. The standard InChI is InChI=1S/C12H12BrNO3/c1-12(7-3-2-4-8(13)5-7)6-9(15)14-10(12)11(16)17/h2-5,10H,6H2,1H3,(H,14,15)(H,16,17). The number of hydrogen-bond donors (Lipinski definition) is 2. The Morgan fingerprint density at radius 3 is 2.88 bits per heavy atom. The van der Waals surface area contributed by atoms with Crippen molar-refractivity contribution >= 4 is 27.8 Å². The lowest BCUT2D eigenvalue weighted by atomic mass is 9.76. The molecule has 5 heteroatoms. The van der Waals surface area contributed by atoms with Crippen molar-refractivity contribution in [2.45, 2.75) is 24.8 Å². The van der Waals surface area contributed by atoms with Gasteiger partial charge in [-0.1, -0.05) is 35.0 Å². The highest BCUT2D eigenvalue weighted by Gasteiger charge is 2.48. The van der Waals surface area contributed by atoms with Crippen molar-refractivity contribution in [1.82, 2.24) is 5.32 Å². The summed E-state index contributed by atoms with van der Waals surface area (Å²) in [5.41, 5.74) is 0.143. The van der Waals surface area contributed by atoms with Crippen molar-refractivity contribution in [2.75, 3.05) is 0 Å². The zero-order valence-electron chi connectivity index (χ0n) is 9.24. The van der Waals surface area contributed by atoms with Crippen LogP contribution in [0.4, 0.5) is 0 Å². The molecule has 2 unspecified atom stereocenters. The van der Waals surface area contributed by atoms with Crippen LogP contribution in [0, 0.1) is 0 Å². The second-order valence-corrected chi connectivity index (χ2v) is 5.36. The molecule has 2 rings (SSSR count). The predicted molar refractivity (Wildman–Crippen MR) is 65.7 cm³/mol. The van der Waals surface area contributed by atoms with Gasteiger partial charge in [-0.05, 0) is 17.7 Å². The fourth-order valence-corrected chi connectivity index (χ4v) is 2.65. The van der Waals surface area contributed by atoms with Crippen molar-refractivity contribution in [1.29, 1.82) is 0 Å². The topological polar surface area (TPSA) is 66.4 Å². The Bertz CT molecular complexity index is 488. The van der Waals surface area contributed by atoms with Gasteiger partial charge in [-0.15, -0.1) is 0 Å². The Balaban J connectivity index is 2.47. The summed E-state index contributed by atoms with van der Waals surface area (Å²) >= 11 is 3.35. The summed E-state index contributed by atoms with van der Waals surface area (Å²) in [4.78, 5) is 22.6. The van der Waals surface area contributed by atoms with Gasteiger partial charge in [-0.2, -0.15) is 0 Å². The maximum Gasteiger partial charge on any atom is 0.327 e. The third-order valence-corrected chi connectivity index (χ3v) is 3.69. The number of nitrogens with one attached hydrogen (secondary N) is 1. The quantitative estimate of drug-likeness (QED) is 0.873. The molecule has 17 heavy (non-hydrogen) atoms. The highest BCUT2D eigenvalue weighted by Crippen LogP contribution is 2.36. The number of carboxylic acids is 1. The van der Waals surface area contributed by atoms with E-state index in [0.29, 0.717) is 0 Å².